The Kier molecular flexibility index (Phi) is 23.6. The van der Waals surface area contributed by atoms with Crippen molar-refractivity contribution in [3.8, 4) is 11.3 Å². The molecule has 28 heteroatoms. The number of halogens is 1. The Morgan fingerprint density at radius 3 is 1.37 bits per heavy atom. The van der Waals surface area contributed by atoms with Crippen LogP contribution < -0.4 is 35.5 Å². The average molecular weight is 1600 g/mol. The lowest BCUT2D eigenvalue weighted by Crippen LogP contribution is -2.41. The third-order valence-electron chi connectivity index (χ3n) is 21.6. The number of carbonyl (C=O) groups excluding carboxylic acids is 2. The van der Waals surface area contributed by atoms with Gasteiger partial charge in [0, 0.05) is 94.3 Å². The maximum Gasteiger partial charge on any atom is 0.516 e. The molecular weight excluding hydrogens is 1490 g/mol. The Labute approximate surface area is 660 Å². The number of anilines is 4. The molecule has 13 rings (SSSR count). The lowest BCUT2D eigenvalue weighted by Gasteiger charge is -2.34. The van der Waals surface area contributed by atoms with E-state index >= 15 is 0 Å². The van der Waals surface area contributed by atoms with Gasteiger partial charge in [-0.1, -0.05) is 95.2 Å². The molecule has 3 fully saturated rings. The van der Waals surface area contributed by atoms with Crippen molar-refractivity contribution in [2.75, 3.05) is 33.5 Å². The summed E-state index contributed by atoms with van der Waals surface area (Å²) in [5.41, 5.74) is 5.22. The van der Waals surface area contributed by atoms with E-state index in [4.69, 9.17) is 29.4 Å². The van der Waals surface area contributed by atoms with Crippen molar-refractivity contribution in [3.05, 3.63) is 160 Å². The largest absolute Gasteiger partial charge is 0.516 e. The molecule has 0 saturated carbocycles. The van der Waals surface area contributed by atoms with Crippen LogP contribution in [0.1, 0.15) is 245 Å². The van der Waals surface area contributed by atoms with Crippen LogP contribution in [-0.2, 0) is 53.3 Å². The van der Waals surface area contributed by atoms with E-state index in [-0.39, 0.29) is 78.9 Å². The summed E-state index contributed by atoms with van der Waals surface area (Å²) in [6.07, 6.45) is 14.8. The number of sulfonamides is 2. The van der Waals surface area contributed by atoms with Gasteiger partial charge in [0.15, 0.2) is 10.1 Å². The van der Waals surface area contributed by atoms with E-state index in [1.807, 2.05) is 70.4 Å². The first-order valence-electron chi connectivity index (χ1n) is 38.3. The van der Waals surface area contributed by atoms with Gasteiger partial charge in [0.25, 0.3) is 31.9 Å². The molecule has 3 saturated heterocycles. The molecule has 2 unspecified atom stereocenters. The SMILES string of the molecule is CC(C)(C)CCn1ccc(-c2ccc(C3CC[C@@H]4CN(c5nc(C(C)(C)C)ccc5C(=O)NS(=O)(=O)c5cccc(n5)N3)C(C)(C)C4)nc2)n1.CC(C)(C)CCn1ccc(B2OC(C)(C)C(C)(C)O2)n1.CC(C)(C)c1ccc2c(n1)N1C[C@@H](CCC(c3ccc(Br)cn3)Nc3cccc(n3)S(=O)(=O)NC2=O)CC1(C)C. The van der Waals surface area contributed by atoms with Crippen molar-refractivity contribution >= 4 is 83.8 Å². The first kappa shape index (κ1) is 82.8. The topological polar surface area (TPSA) is 288 Å². The van der Waals surface area contributed by atoms with E-state index in [1.165, 1.54) is 12.1 Å². The Morgan fingerprint density at radius 2 is 0.955 bits per heavy atom. The fraction of sp³-hybridized carbons (Fsp3) is 0.537. The van der Waals surface area contributed by atoms with Crippen molar-refractivity contribution in [2.24, 2.45) is 22.7 Å². The number of fused-ring (bicyclic) bond motifs is 12. The maximum atomic E-state index is 13.7. The zero-order valence-corrected chi connectivity index (χ0v) is 71.0. The van der Waals surface area contributed by atoms with Crippen LogP contribution in [0, 0.1) is 22.7 Å². The molecule has 0 spiro atoms. The number of hydrogen-bond acceptors (Lipinski definition) is 20. The molecule has 24 nitrogen and oxygen atoms in total. The zero-order valence-electron chi connectivity index (χ0n) is 67.7. The first-order chi connectivity index (χ1) is 51.1. The number of hydrogen-bond donors (Lipinski definition) is 4. The molecule has 4 atom stereocenters. The highest BCUT2D eigenvalue weighted by atomic mass is 79.9. The predicted octanol–water partition coefficient (Wildman–Crippen LogP) is 15.4. The van der Waals surface area contributed by atoms with Gasteiger partial charge < -0.3 is 29.7 Å². The highest BCUT2D eigenvalue weighted by Gasteiger charge is 2.53. The highest BCUT2D eigenvalue weighted by molar-refractivity contribution is 9.10. The summed E-state index contributed by atoms with van der Waals surface area (Å²) < 4.78 is 75.2. The van der Waals surface area contributed by atoms with Crippen molar-refractivity contribution in [2.45, 2.75) is 258 Å². The van der Waals surface area contributed by atoms with E-state index in [9.17, 15) is 26.4 Å². The number of nitrogens with one attached hydrogen (secondary N) is 4. The van der Waals surface area contributed by atoms with Crippen molar-refractivity contribution in [1.82, 2.24) is 58.9 Å². The van der Waals surface area contributed by atoms with Crippen LogP contribution in [0.15, 0.2) is 136 Å². The quantitative estimate of drug-likeness (QED) is 0.103. The fourth-order valence-corrected chi connectivity index (χ4v) is 16.5. The summed E-state index contributed by atoms with van der Waals surface area (Å²) in [6, 6.07) is 28.0. The molecule has 0 aliphatic carbocycles. The van der Waals surface area contributed by atoms with Gasteiger partial charge in [0.1, 0.15) is 23.3 Å². The molecule has 110 heavy (non-hydrogen) atoms. The third-order valence-corrected chi connectivity index (χ3v) is 24.5. The fourth-order valence-electron chi connectivity index (χ4n) is 14.4. The minimum absolute atomic E-state index is 0.187. The van der Waals surface area contributed by atoms with Gasteiger partial charge in [0.05, 0.1) is 57.1 Å². The van der Waals surface area contributed by atoms with Crippen molar-refractivity contribution in [3.63, 3.8) is 0 Å². The van der Waals surface area contributed by atoms with Crippen LogP contribution in [0.4, 0.5) is 23.3 Å². The number of rotatable bonds is 8. The zero-order chi connectivity index (χ0) is 80.1. The second-order valence-electron chi connectivity index (χ2n) is 36.8. The van der Waals surface area contributed by atoms with Crippen LogP contribution in [0.3, 0.4) is 0 Å². The number of nitrogens with zero attached hydrogens (tertiary/aromatic N) is 12. The molecule has 8 aromatic rings. The summed E-state index contributed by atoms with van der Waals surface area (Å²) in [5.74, 6) is 0.959. The Morgan fingerprint density at radius 1 is 0.518 bits per heavy atom. The monoisotopic (exact) mass is 1600 g/mol. The van der Waals surface area contributed by atoms with Crippen LogP contribution in [0.5, 0.6) is 0 Å². The molecule has 590 valence electrons. The second-order valence-corrected chi connectivity index (χ2v) is 41.0. The van der Waals surface area contributed by atoms with Crippen LogP contribution in [-0.4, -0.2) is 121 Å². The lowest BCUT2D eigenvalue weighted by molar-refractivity contribution is 0.00578. The van der Waals surface area contributed by atoms with E-state index < -0.39 is 31.9 Å². The Balaban J connectivity index is 0.000000178. The first-order valence-corrected chi connectivity index (χ1v) is 42.1. The lowest BCUT2D eigenvalue weighted by atomic mass is 9.85. The Hall–Kier alpha value is -8.18. The number of carbonyl (C=O) groups is 2. The van der Waals surface area contributed by atoms with Crippen molar-refractivity contribution < 1.29 is 35.7 Å². The summed E-state index contributed by atoms with van der Waals surface area (Å²) in [6.45, 7) is 45.9. The molecule has 0 aromatic carbocycles. The Bertz CT molecular complexity index is 4850. The third kappa shape index (κ3) is 20.0. The van der Waals surface area contributed by atoms with Gasteiger partial charge in [-0.2, -0.15) is 27.0 Å². The minimum Gasteiger partial charge on any atom is -0.398 e. The summed E-state index contributed by atoms with van der Waals surface area (Å²) in [7, 11) is -8.93. The predicted molar refractivity (Wildman–Crippen MR) is 437 cm³/mol. The average Bonchev–Trinajstić information content (AvgIpc) is 1.57. The van der Waals surface area contributed by atoms with Gasteiger partial charge in [-0.3, -0.25) is 28.9 Å². The van der Waals surface area contributed by atoms with Gasteiger partial charge in [-0.05, 0) is 230 Å². The molecule has 5 aliphatic rings. The normalized spacial score (nSPS) is 21.4. The van der Waals surface area contributed by atoms with Gasteiger partial charge in [-0.25, -0.2) is 29.4 Å². The van der Waals surface area contributed by atoms with E-state index in [1.54, 1.807) is 48.7 Å². The van der Waals surface area contributed by atoms with E-state index in [0.717, 1.165) is 109 Å². The van der Waals surface area contributed by atoms with Crippen LogP contribution in [0.2, 0.25) is 0 Å². The maximum absolute atomic E-state index is 13.7. The number of pyridine rings is 6. The van der Waals surface area contributed by atoms with Crippen LogP contribution >= 0.6 is 15.9 Å². The standard InChI is InChI=1S/C38H50N8O3S.C29H35BrN6O3S.C15H27BN2O2/c1-36(2,3)19-21-45-20-18-28(43-45)26-13-16-29(39-23-26)30-15-12-25-22-38(7,8)46(24-25)34-27(14-17-31(41-34)37(4,5)6)35(47)44-50(48,49)33-11-9-10-32(40-30)42-33;1-28(2,3)23-14-11-20-26(33-23)36-17-18(15-29(36,4)5)9-12-22(21-13-10-19(30)16-31-21)32-24-7-6-8-25(34-24)40(38,39)35-27(20)37;1-13(2,3)9-11-18-10-8-12(17-18)16-19-14(4,5)15(6,7)20-16/h9-11,13-14,16-18,20,23,25,30H,12,15,19,21-22,24H2,1-8H3,(H,40,42)(H,44,47);6-8,10-11,13-14,16,18,22H,9,12,15,17H2,1-5H3,(H,32,34)(H,35,37);8,10H,9,11H2,1-7H3/t25-,30?;18-,22?;/m00./s1. The molecule has 4 N–H and O–H groups in total. The number of aromatic nitrogens is 10. The molecular formula is C82H112BBrN16O8S2. The van der Waals surface area contributed by atoms with Crippen molar-refractivity contribution in [1.29, 1.82) is 0 Å². The summed E-state index contributed by atoms with van der Waals surface area (Å²) in [5, 5.41) is 15.8. The van der Waals surface area contributed by atoms with Gasteiger partial charge in [0.2, 0.25) is 0 Å². The molecule has 8 aromatic heterocycles. The molecule has 8 bridgehead atoms. The molecule has 2 amide bonds. The van der Waals surface area contributed by atoms with Gasteiger partial charge >= 0.3 is 7.12 Å². The molecule has 5 aliphatic heterocycles. The highest BCUT2D eigenvalue weighted by Crippen LogP contribution is 2.45. The summed E-state index contributed by atoms with van der Waals surface area (Å²) in [4.78, 5) is 59.9. The summed E-state index contributed by atoms with van der Waals surface area (Å²) >= 11 is 3.45. The van der Waals surface area contributed by atoms with E-state index in [2.05, 4.69) is 204 Å². The number of amides is 2. The van der Waals surface area contributed by atoms with Crippen LogP contribution in [0.25, 0.3) is 11.3 Å². The minimum atomic E-state index is -4.30. The second kappa shape index (κ2) is 31.4. The number of aryl methyl sites for hydroxylation is 2. The van der Waals surface area contributed by atoms with E-state index in [0.29, 0.717) is 53.6 Å². The smallest absolute Gasteiger partial charge is 0.398 e. The molecule has 0 radical (unpaired) electrons. The van der Waals surface area contributed by atoms with Gasteiger partial charge in [-0.15, -0.1) is 0 Å². The molecule has 13 heterocycles.